The van der Waals surface area contributed by atoms with Gasteiger partial charge in [-0.25, -0.2) is 4.98 Å². The number of nitrogens with zero attached hydrogens (tertiary/aromatic N) is 2. The molecule has 5 heteroatoms. The molecule has 5 nitrogen and oxygen atoms in total. The van der Waals surface area contributed by atoms with Gasteiger partial charge in [-0.3, -0.25) is 4.79 Å². The SMILES string of the molecule is CCCCCn1c(CCCCCNC(=O)c2cccc(OC)c2)nc2ccccc21. The molecule has 3 rings (SSSR count). The van der Waals surface area contributed by atoms with Crippen molar-refractivity contribution in [2.24, 2.45) is 0 Å². The lowest BCUT2D eigenvalue weighted by Crippen LogP contribution is -2.24. The summed E-state index contributed by atoms with van der Waals surface area (Å²) in [7, 11) is 1.61. The molecular formula is C25H33N3O2. The van der Waals surface area contributed by atoms with Crippen LogP contribution in [-0.2, 0) is 13.0 Å². The van der Waals surface area contributed by atoms with Gasteiger partial charge >= 0.3 is 0 Å². The van der Waals surface area contributed by atoms with Gasteiger partial charge in [-0.2, -0.15) is 0 Å². The van der Waals surface area contributed by atoms with E-state index < -0.39 is 0 Å². The average Bonchev–Trinajstić information content (AvgIpc) is 3.13. The fraction of sp³-hybridized carbons (Fsp3) is 0.440. The van der Waals surface area contributed by atoms with Crippen LogP contribution in [0.1, 0.15) is 61.6 Å². The maximum Gasteiger partial charge on any atom is 0.251 e. The van der Waals surface area contributed by atoms with Crippen LogP contribution in [0.4, 0.5) is 0 Å². The second-order valence-electron chi connectivity index (χ2n) is 7.67. The molecule has 0 radical (unpaired) electrons. The largest absolute Gasteiger partial charge is 0.497 e. The highest BCUT2D eigenvalue weighted by molar-refractivity contribution is 5.94. The van der Waals surface area contributed by atoms with Crippen molar-refractivity contribution in [1.82, 2.24) is 14.9 Å². The molecule has 3 aromatic rings. The topological polar surface area (TPSA) is 56.2 Å². The third kappa shape index (κ3) is 5.85. The Morgan fingerprint density at radius 2 is 1.90 bits per heavy atom. The molecule has 1 amide bonds. The number of carbonyl (C=O) groups is 1. The Labute approximate surface area is 179 Å². The van der Waals surface area contributed by atoms with Crippen molar-refractivity contribution in [2.45, 2.75) is 58.4 Å². The van der Waals surface area contributed by atoms with E-state index >= 15 is 0 Å². The van der Waals surface area contributed by atoms with Crippen molar-refractivity contribution < 1.29 is 9.53 Å². The van der Waals surface area contributed by atoms with Crippen LogP contribution in [0.2, 0.25) is 0 Å². The molecule has 0 unspecified atom stereocenters. The quantitative estimate of drug-likeness (QED) is 0.410. The monoisotopic (exact) mass is 407 g/mol. The van der Waals surface area contributed by atoms with E-state index in [2.05, 4.69) is 41.1 Å². The molecule has 0 aliphatic carbocycles. The van der Waals surface area contributed by atoms with Gasteiger partial charge in [0, 0.05) is 25.1 Å². The zero-order chi connectivity index (χ0) is 21.2. The highest BCUT2D eigenvalue weighted by Gasteiger charge is 2.10. The van der Waals surface area contributed by atoms with E-state index in [0.29, 0.717) is 17.9 Å². The highest BCUT2D eigenvalue weighted by Crippen LogP contribution is 2.19. The second-order valence-corrected chi connectivity index (χ2v) is 7.67. The van der Waals surface area contributed by atoms with Crippen LogP contribution >= 0.6 is 0 Å². The molecule has 0 bridgehead atoms. The summed E-state index contributed by atoms with van der Waals surface area (Å²) in [6.07, 6.45) is 7.75. The van der Waals surface area contributed by atoms with Gasteiger partial charge in [-0.05, 0) is 49.6 Å². The van der Waals surface area contributed by atoms with Crippen molar-refractivity contribution in [3.05, 3.63) is 59.9 Å². The van der Waals surface area contributed by atoms with Gasteiger partial charge < -0.3 is 14.6 Å². The summed E-state index contributed by atoms with van der Waals surface area (Å²) >= 11 is 0. The third-order valence-electron chi connectivity index (χ3n) is 5.41. The maximum absolute atomic E-state index is 12.3. The maximum atomic E-state index is 12.3. The van der Waals surface area contributed by atoms with Crippen LogP contribution in [0.5, 0.6) is 5.75 Å². The van der Waals surface area contributed by atoms with Crippen molar-refractivity contribution in [3.63, 3.8) is 0 Å². The molecule has 160 valence electrons. The first-order valence-electron chi connectivity index (χ1n) is 11.1. The van der Waals surface area contributed by atoms with Crippen LogP contribution in [0.3, 0.4) is 0 Å². The second kappa shape index (κ2) is 11.4. The smallest absolute Gasteiger partial charge is 0.251 e. The van der Waals surface area contributed by atoms with E-state index in [4.69, 9.17) is 9.72 Å². The molecular weight excluding hydrogens is 374 g/mol. The van der Waals surface area contributed by atoms with Crippen molar-refractivity contribution in [2.75, 3.05) is 13.7 Å². The average molecular weight is 408 g/mol. The van der Waals surface area contributed by atoms with E-state index in [9.17, 15) is 4.79 Å². The first-order valence-corrected chi connectivity index (χ1v) is 11.1. The number of rotatable bonds is 12. The number of imidazole rings is 1. The molecule has 1 N–H and O–H groups in total. The Morgan fingerprint density at radius 1 is 1.03 bits per heavy atom. The fourth-order valence-electron chi connectivity index (χ4n) is 3.74. The molecule has 30 heavy (non-hydrogen) atoms. The van der Waals surface area contributed by atoms with Gasteiger partial charge in [0.25, 0.3) is 5.91 Å². The van der Waals surface area contributed by atoms with Gasteiger partial charge in [-0.1, -0.05) is 44.4 Å². The summed E-state index contributed by atoms with van der Waals surface area (Å²) in [5, 5.41) is 3.00. The van der Waals surface area contributed by atoms with Crippen LogP contribution in [-0.4, -0.2) is 29.1 Å². The fourth-order valence-corrected chi connectivity index (χ4v) is 3.74. The van der Waals surface area contributed by atoms with E-state index in [-0.39, 0.29) is 5.91 Å². The van der Waals surface area contributed by atoms with E-state index in [1.807, 2.05) is 12.1 Å². The van der Waals surface area contributed by atoms with Gasteiger partial charge in [0.1, 0.15) is 11.6 Å². The number of nitrogens with one attached hydrogen (secondary N) is 1. The van der Waals surface area contributed by atoms with Crippen LogP contribution in [0.25, 0.3) is 11.0 Å². The molecule has 0 aliphatic heterocycles. The Kier molecular flexibility index (Phi) is 8.30. The summed E-state index contributed by atoms with van der Waals surface area (Å²) in [6, 6.07) is 15.7. The van der Waals surface area contributed by atoms with Crippen LogP contribution < -0.4 is 10.1 Å². The normalized spacial score (nSPS) is 11.0. The number of fused-ring (bicyclic) bond motifs is 1. The first kappa shape index (κ1) is 21.9. The van der Waals surface area contributed by atoms with E-state index in [1.54, 1.807) is 19.2 Å². The number of carbonyl (C=O) groups excluding carboxylic acids is 1. The molecule has 2 aromatic carbocycles. The zero-order valence-corrected chi connectivity index (χ0v) is 18.2. The number of ether oxygens (including phenoxy) is 1. The van der Waals surface area contributed by atoms with Crippen LogP contribution in [0.15, 0.2) is 48.5 Å². The minimum Gasteiger partial charge on any atom is -0.497 e. The molecule has 0 saturated heterocycles. The Hall–Kier alpha value is -2.82. The Balaban J connectivity index is 1.45. The lowest BCUT2D eigenvalue weighted by Gasteiger charge is -2.09. The lowest BCUT2D eigenvalue weighted by atomic mass is 10.1. The van der Waals surface area contributed by atoms with E-state index in [0.717, 1.165) is 37.7 Å². The molecule has 0 atom stereocenters. The van der Waals surface area contributed by atoms with Gasteiger partial charge in [0.05, 0.1) is 18.1 Å². The summed E-state index contributed by atoms with van der Waals surface area (Å²) in [5.74, 6) is 1.84. The predicted octanol–water partition coefficient (Wildman–Crippen LogP) is 5.38. The van der Waals surface area contributed by atoms with Crippen LogP contribution in [0, 0.1) is 0 Å². The number of amides is 1. The standard InChI is InChI=1S/C25H33N3O2/c1-3-4-10-18-28-23-15-8-7-14-22(23)27-24(28)16-6-5-9-17-26-25(29)20-12-11-13-21(19-20)30-2/h7-8,11-15,19H,3-6,9-10,16-18H2,1-2H3,(H,26,29). The number of para-hydroxylation sites is 2. The number of aromatic nitrogens is 2. The van der Waals surface area contributed by atoms with Crippen molar-refractivity contribution in [3.8, 4) is 5.75 Å². The molecule has 0 spiro atoms. The van der Waals surface area contributed by atoms with E-state index in [1.165, 1.54) is 30.6 Å². The van der Waals surface area contributed by atoms with Gasteiger partial charge in [0.15, 0.2) is 0 Å². The number of hydrogen-bond donors (Lipinski definition) is 1. The number of methoxy groups -OCH3 is 1. The Bertz CT molecular complexity index is 948. The minimum absolute atomic E-state index is 0.0494. The molecule has 1 heterocycles. The predicted molar refractivity (Wildman–Crippen MR) is 122 cm³/mol. The molecule has 0 saturated carbocycles. The number of hydrogen-bond acceptors (Lipinski definition) is 3. The first-order chi connectivity index (χ1) is 14.7. The number of benzene rings is 2. The number of unbranched alkanes of at least 4 members (excludes halogenated alkanes) is 4. The summed E-state index contributed by atoms with van der Waals surface area (Å²) in [4.78, 5) is 17.1. The summed E-state index contributed by atoms with van der Waals surface area (Å²) in [5.41, 5.74) is 2.97. The molecule has 0 fully saturated rings. The Morgan fingerprint density at radius 3 is 2.73 bits per heavy atom. The van der Waals surface area contributed by atoms with Crippen molar-refractivity contribution >= 4 is 16.9 Å². The number of aryl methyl sites for hydroxylation is 2. The van der Waals surface area contributed by atoms with Gasteiger partial charge in [-0.15, -0.1) is 0 Å². The summed E-state index contributed by atoms with van der Waals surface area (Å²) < 4.78 is 7.58. The minimum atomic E-state index is -0.0494. The zero-order valence-electron chi connectivity index (χ0n) is 18.2. The third-order valence-corrected chi connectivity index (χ3v) is 5.41. The summed E-state index contributed by atoms with van der Waals surface area (Å²) in [6.45, 7) is 3.96. The van der Waals surface area contributed by atoms with Gasteiger partial charge in [0.2, 0.25) is 0 Å². The highest BCUT2D eigenvalue weighted by atomic mass is 16.5. The van der Waals surface area contributed by atoms with Crippen molar-refractivity contribution in [1.29, 1.82) is 0 Å². The molecule has 0 aliphatic rings. The lowest BCUT2D eigenvalue weighted by molar-refractivity contribution is 0.0952. The molecule has 1 aromatic heterocycles.